The number of carbonyl (C=O) groups is 2. The van der Waals surface area contributed by atoms with E-state index in [4.69, 9.17) is 4.74 Å². The van der Waals surface area contributed by atoms with E-state index in [1.54, 1.807) is 11.8 Å². The van der Waals surface area contributed by atoms with E-state index in [1.165, 1.54) is 5.56 Å². The number of hydrogen-bond donors (Lipinski definition) is 1. The minimum absolute atomic E-state index is 0.0796. The van der Waals surface area contributed by atoms with Gasteiger partial charge in [-0.15, -0.1) is 0 Å². The van der Waals surface area contributed by atoms with Crippen LogP contribution in [0.3, 0.4) is 0 Å². The monoisotopic (exact) mass is 381 g/mol. The molecule has 6 nitrogen and oxygen atoms in total. The zero-order valence-electron chi connectivity index (χ0n) is 16.6. The molecule has 1 N–H and O–H groups in total. The number of benzene rings is 2. The number of anilines is 1. The van der Waals surface area contributed by atoms with Crippen LogP contribution in [0, 0.1) is 0 Å². The lowest BCUT2D eigenvalue weighted by atomic mass is 10.1. The molecule has 0 aliphatic carbocycles. The Morgan fingerprint density at radius 3 is 2.54 bits per heavy atom. The van der Waals surface area contributed by atoms with Crippen LogP contribution in [0.25, 0.3) is 0 Å². The molecule has 0 saturated heterocycles. The van der Waals surface area contributed by atoms with Crippen LogP contribution in [0.2, 0.25) is 0 Å². The van der Waals surface area contributed by atoms with Crippen molar-refractivity contribution in [2.75, 3.05) is 25.5 Å². The summed E-state index contributed by atoms with van der Waals surface area (Å²) < 4.78 is 5.64. The van der Waals surface area contributed by atoms with Gasteiger partial charge in [-0.1, -0.05) is 36.4 Å². The smallest absolute Gasteiger partial charge is 0.267 e. The van der Waals surface area contributed by atoms with E-state index >= 15 is 0 Å². The first kappa shape index (κ1) is 19.9. The molecule has 1 heterocycles. The van der Waals surface area contributed by atoms with E-state index in [0.29, 0.717) is 18.8 Å². The highest BCUT2D eigenvalue weighted by molar-refractivity contribution is 6.00. The Hall–Kier alpha value is -2.86. The van der Waals surface area contributed by atoms with Crippen molar-refractivity contribution in [1.82, 2.24) is 10.2 Å². The molecule has 2 aromatic carbocycles. The molecule has 6 heteroatoms. The second kappa shape index (κ2) is 8.89. The molecular weight excluding hydrogens is 354 g/mol. The Labute approximate surface area is 166 Å². The number of para-hydroxylation sites is 2. The van der Waals surface area contributed by atoms with Crippen molar-refractivity contribution >= 4 is 17.5 Å². The van der Waals surface area contributed by atoms with Gasteiger partial charge in [0.1, 0.15) is 5.75 Å². The summed E-state index contributed by atoms with van der Waals surface area (Å²) in [6, 6.07) is 15.5. The van der Waals surface area contributed by atoms with Gasteiger partial charge in [-0.25, -0.2) is 0 Å². The van der Waals surface area contributed by atoms with Gasteiger partial charge in [0, 0.05) is 26.1 Å². The van der Waals surface area contributed by atoms with Crippen LogP contribution in [-0.2, 0) is 22.7 Å². The van der Waals surface area contributed by atoms with Gasteiger partial charge in [0.05, 0.1) is 5.69 Å². The fourth-order valence-electron chi connectivity index (χ4n) is 3.31. The average molecular weight is 381 g/mol. The highest BCUT2D eigenvalue weighted by Crippen LogP contribution is 2.33. The van der Waals surface area contributed by atoms with Crippen molar-refractivity contribution < 1.29 is 14.3 Å². The van der Waals surface area contributed by atoms with Crippen molar-refractivity contribution in [3.8, 4) is 5.75 Å². The van der Waals surface area contributed by atoms with Gasteiger partial charge < -0.3 is 19.9 Å². The molecule has 0 fully saturated rings. The Morgan fingerprint density at radius 2 is 1.79 bits per heavy atom. The quantitative estimate of drug-likeness (QED) is 0.801. The van der Waals surface area contributed by atoms with Crippen LogP contribution in [0.4, 0.5) is 5.69 Å². The van der Waals surface area contributed by atoms with Crippen molar-refractivity contribution in [2.45, 2.75) is 32.5 Å². The number of nitrogens with one attached hydrogen (secondary N) is 1. The molecule has 0 radical (unpaired) electrons. The average Bonchev–Trinajstić information content (AvgIpc) is 2.67. The summed E-state index contributed by atoms with van der Waals surface area (Å²) >= 11 is 0. The summed E-state index contributed by atoms with van der Waals surface area (Å²) in [6.45, 7) is 3.36. The maximum atomic E-state index is 12.5. The molecule has 1 aliphatic heterocycles. The van der Waals surface area contributed by atoms with Gasteiger partial charge in [0.2, 0.25) is 5.91 Å². The third-order valence-corrected chi connectivity index (χ3v) is 4.72. The SMILES string of the molecule is CC1Oc2ccccc2N(CCC(=O)NCc2ccccc2CN(C)C)C1=O. The molecular formula is C22H27N3O3. The van der Waals surface area contributed by atoms with Crippen molar-refractivity contribution in [2.24, 2.45) is 0 Å². The Bertz CT molecular complexity index is 850. The summed E-state index contributed by atoms with van der Waals surface area (Å²) in [7, 11) is 4.04. The largest absolute Gasteiger partial charge is 0.479 e. The van der Waals surface area contributed by atoms with Crippen molar-refractivity contribution in [3.05, 3.63) is 59.7 Å². The molecule has 3 rings (SSSR count). The van der Waals surface area contributed by atoms with Crippen LogP contribution in [0.1, 0.15) is 24.5 Å². The highest BCUT2D eigenvalue weighted by atomic mass is 16.5. The van der Waals surface area contributed by atoms with Crippen molar-refractivity contribution in [3.63, 3.8) is 0 Å². The van der Waals surface area contributed by atoms with Gasteiger partial charge in [0.15, 0.2) is 6.10 Å². The predicted octanol–water partition coefficient (Wildman–Crippen LogP) is 2.57. The standard InChI is InChI=1S/C22H27N3O3/c1-16-22(27)25(19-10-6-7-11-20(19)28-16)13-12-21(26)23-14-17-8-4-5-9-18(17)15-24(2)3/h4-11,16H,12-15H2,1-3H3,(H,23,26). The normalized spacial score (nSPS) is 15.9. The molecule has 0 saturated carbocycles. The van der Waals surface area contributed by atoms with E-state index in [0.717, 1.165) is 17.8 Å². The number of amides is 2. The molecule has 1 atom stereocenters. The fraction of sp³-hybridized carbons (Fsp3) is 0.364. The second-order valence-corrected chi connectivity index (χ2v) is 7.25. The third-order valence-electron chi connectivity index (χ3n) is 4.72. The van der Waals surface area contributed by atoms with E-state index in [2.05, 4.69) is 16.3 Å². The maximum Gasteiger partial charge on any atom is 0.267 e. The minimum atomic E-state index is -0.545. The van der Waals surface area contributed by atoms with Crippen LogP contribution < -0.4 is 15.0 Å². The Kier molecular flexibility index (Phi) is 6.31. The molecule has 0 bridgehead atoms. The van der Waals surface area contributed by atoms with Crippen LogP contribution >= 0.6 is 0 Å². The highest BCUT2D eigenvalue weighted by Gasteiger charge is 2.31. The lowest BCUT2D eigenvalue weighted by Gasteiger charge is -2.32. The predicted molar refractivity (Wildman–Crippen MR) is 109 cm³/mol. The number of ether oxygens (including phenoxy) is 1. The molecule has 0 aromatic heterocycles. The fourth-order valence-corrected chi connectivity index (χ4v) is 3.31. The zero-order chi connectivity index (χ0) is 20.1. The van der Waals surface area contributed by atoms with Crippen molar-refractivity contribution in [1.29, 1.82) is 0 Å². The summed E-state index contributed by atoms with van der Waals surface area (Å²) in [5.41, 5.74) is 3.01. The van der Waals surface area contributed by atoms with E-state index in [1.807, 2.05) is 56.6 Å². The molecule has 2 amide bonds. The lowest BCUT2D eigenvalue weighted by Crippen LogP contribution is -2.45. The number of fused-ring (bicyclic) bond motifs is 1. The van der Waals surface area contributed by atoms with Crippen LogP contribution in [-0.4, -0.2) is 43.5 Å². The second-order valence-electron chi connectivity index (χ2n) is 7.25. The first-order chi connectivity index (χ1) is 13.5. The Morgan fingerprint density at radius 1 is 1.11 bits per heavy atom. The molecule has 148 valence electrons. The molecule has 0 spiro atoms. The van der Waals surface area contributed by atoms with Gasteiger partial charge in [-0.05, 0) is 44.3 Å². The molecule has 1 aliphatic rings. The van der Waals surface area contributed by atoms with Gasteiger partial charge in [-0.3, -0.25) is 9.59 Å². The summed E-state index contributed by atoms with van der Waals surface area (Å²) in [4.78, 5) is 28.6. The van der Waals surface area contributed by atoms with Gasteiger partial charge >= 0.3 is 0 Å². The van der Waals surface area contributed by atoms with E-state index < -0.39 is 6.10 Å². The third kappa shape index (κ3) is 4.70. The first-order valence-electron chi connectivity index (χ1n) is 9.51. The molecule has 2 aromatic rings. The number of hydrogen-bond acceptors (Lipinski definition) is 4. The topological polar surface area (TPSA) is 61.9 Å². The zero-order valence-corrected chi connectivity index (χ0v) is 16.6. The summed E-state index contributed by atoms with van der Waals surface area (Å²) in [5.74, 6) is 0.472. The van der Waals surface area contributed by atoms with Crippen LogP contribution in [0.5, 0.6) is 5.75 Å². The first-order valence-corrected chi connectivity index (χ1v) is 9.51. The van der Waals surface area contributed by atoms with E-state index in [-0.39, 0.29) is 18.2 Å². The van der Waals surface area contributed by atoms with Gasteiger partial charge in [-0.2, -0.15) is 0 Å². The van der Waals surface area contributed by atoms with Gasteiger partial charge in [0.25, 0.3) is 5.91 Å². The summed E-state index contributed by atoms with van der Waals surface area (Å²) in [5, 5.41) is 2.98. The Balaban J connectivity index is 1.59. The summed E-state index contributed by atoms with van der Waals surface area (Å²) in [6.07, 6.45) is -0.307. The van der Waals surface area contributed by atoms with Crippen LogP contribution in [0.15, 0.2) is 48.5 Å². The van der Waals surface area contributed by atoms with E-state index in [9.17, 15) is 9.59 Å². The molecule has 1 unspecified atom stereocenters. The minimum Gasteiger partial charge on any atom is -0.479 e. The maximum absolute atomic E-state index is 12.5. The number of carbonyl (C=O) groups excluding carboxylic acids is 2. The number of rotatable bonds is 7. The molecule has 28 heavy (non-hydrogen) atoms. The lowest BCUT2D eigenvalue weighted by molar-refractivity contribution is -0.125. The number of nitrogens with zero attached hydrogens (tertiary/aromatic N) is 2.